The van der Waals surface area contributed by atoms with Crippen molar-refractivity contribution in [2.24, 2.45) is 0 Å². The lowest BCUT2D eigenvalue weighted by molar-refractivity contribution is 0.415. The molecule has 1 saturated carbocycles. The smallest absolute Gasteiger partial charge is 0.159 e. The van der Waals surface area contributed by atoms with Gasteiger partial charge in [-0.1, -0.05) is 12.1 Å². The number of hydrogen-bond acceptors (Lipinski definition) is 4. The number of rotatable bonds is 5. The Labute approximate surface area is 119 Å². The van der Waals surface area contributed by atoms with E-state index in [1.807, 2.05) is 37.3 Å². The summed E-state index contributed by atoms with van der Waals surface area (Å²) in [4.78, 5) is 9.18. The van der Waals surface area contributed by atoms with E-state index in [2.05, 4.69) is 15.3 Å². The van der Waals surface area contributed by atoms with Crippen LogP contribution in [0.4, 0.5) is 0 Å². The highest BCUT2D eigenvalue weighted by Gasteiger charge is 2.20. The molecule has 0 bridgehead atoms. The van der Waals surface area contributed by atoms with E-state index in [0.29, 0.717) is 6.04 Å². The van der Waals surface area contributed by atoms with Gasteiger partial charge in [-0.3, -0.25) is 0 Å². The molecule has 1 aliphatic rings. The second-order valence-corrected chi connectivity index (χ2v) is 5.21. The van der Waals surface area contributed by atoms with Crippen LogP contribution in [0.15, 0.2) is 30.3 Å². The molecule has 1 aromatic heterocycles. The minimum absolute atomic E-state index is 0.686. The van der Waals surface area contributed by atoms with Gasteiger partial charge in [0.25, 0.3) is 0 Å². The zero-order chi connectivity index (χ0) is 13.9. The molecule has 2 aromatic rings. The molecular formula is C16H19N3O. The fourth-order valence-electron chi connectivity index (χ4n) is 2.15. The Morgan fingerprint density at radius 3 is 2.85 bits per heavy atom. The van der Waals surface area contributed by atoms with Gasteiger partial charge < -0.3 is 10.1 Å². The molecule has 1 fully saturated rings. The summed E-state index contributed by atoms with van der Waals surface area (Å²) in [5, 5.41) is 3.49. The molecule has 20 heavy (non-hydrogen) atoms. The summed E-state index contributed by atoms with van der Waals surface area (Å²) in [5.41, 5.74) is 3.02. The van der Waals surface area contributed by atoms with Crippen molar-refractivity contribution < 1.29 is 4.74 Å². The van der Waals surface area contributed by atoms with Crippen LogP contribution in [0.5, 0.6) is 5.75 Å². The van der Waals surface area contributed by atoms with E-state index in [9.17, 15) is 0 Å². The van der Waals surface area contributed by atoms with Gasteiger partial charge in [0.05, 0.1) is 12.8 Å². The monoisotopic (exact) mass is 269 g/mol. The van der Waals surface area contributed by atoms with Crippen LogP contribution in [-0.4, -0.2) is 23.1 Å². The van der Waals surface area contributed by atoms with Crippen LogP contribution in [-0.2, 0) is 6.54 Å². The van der Waals surface area contributed by atoms with E-state index in [4.69, 9.17) is 4.74 Å². The number of hydrogen-bond donors (Lipinski definition) is 1. The van der Waals surface area contributed by atoms with Crippen LogP contribution in [0.3, 0.4) is 0 Å². The van der Waals surface area contributed by atoms with Crippen LogP contribution in [0.2, 0.25) is 0 Å². The highest BCUT2D eigenvalue weighted by Crippen LogP contribution is 2.22. The number of methoxy groups -OCH3 is 1. The highest BCUT2D eigenvalue weighted by molar-refractivity contribution is 5.57. The third-order valence-corrected chi connectivity index (χ3v) is 3.38. The highest BCUT2D eigenvalue weighted by atomic mass is 16.5. The second-order valence-electron chi connectivity index (χ2n) is 5.21. The summed E-state index contributed by atoms with van der Waals surface area (Å²) in [7, 11) is 1.67. The summed E-state index contributed by atoms with van der Waals surface area (Å²) in [6.45, 7) is 2.82. The number of aromatic nitrogens is 2. The molecule has 104 valence electrons. The predicted octanol–water partition coefficient (Wildman–Crippen LogP) is 2.71. The minimum atomic E-state index is 0.686. The standard InChI is InChI=1S/C16H19N3O/c1-11-8-14(10-17-13-6-7-13)19-16(18-11)12-4-3-5-15(9-12)20-2/h3-5,8-9,13,17H,6-7,10H2,1-2H3. The fraction of sp³-hybridized carbons (Fsp3) is 0.375. The zero-order valence-corrected chi connectivity index (χ0v) is 11.9. The largest absolute Gasteiger partial charge is 0.497 e. The molecule has 0 aliphatic heterocycles. The lowest BCUT2D eigenvalue weighted by Crippen LogP contribution is -2.16. The second kappa shape index (κ2) is 5.59. The topological polar surface area (TPSA) is 47.0 Å². The van der Waals surface area contributed by atoms with Crippen LogP contribution in [0.1, 0.15) is 24.2 Å². The quantitative estimate of drug-likeness (QED) is 0.906. The molecule has 0 unspecified atom stereocenters. The SMILES string of the molecule is COc1cccc(-c2nc(C)cc(CNC3CC3)n2)c1. The van der Waals surface area contributed by atoms with Crippen molar-refractivity contribution in [2.45, 2.75) is 32.4 Å². The van der Waals surface area contributed by atoms with Gasteiger partial charge in [0.1, 0.15) is 5.75 Å². The molecule has 1 N–H and O–H groups in total. The maximum absolute atomic E-state index is 5.26. The van der Waals surface area contributed by atoms with Gasteiger partial charge in [-0.15, -0.1) is 0 Å². The Morgan fingerprint density at radius 2 is 2.10 bits per heavy atom. The zero-order valence-electron chi connectivity index (χ0n) is 11.9. The lowest BCUT2D eigenvalue weighted by Gasteiger charge is -2.08. The molecule has 1 heterocycles. The summed E-state index contributed by atoms with van der Waals surface area (Å²) in [6.07, 6.45) is 2.57. The minimum Gasteiger partial charge on any atom is -0.497 e. The number of benzene rings is 1. The molecule has 0 spiro atoms. The molecule has 1 aliphatic carbocycles. The summed E-state index contributed by atoms with van der Waals surface area (Å²) in [5.74, 6) is 1.58. The van der Waals surface area contributed by atoms with Crippen LogP contribution in [0.25, 0.3) is 11.4 Å². The Hall–Kier alpha value is -1.94. The van der Waals surface area contributed by atoms with Crippen molar-refractivity contribution in [3.63, 3.8) is 0 Å². The molecule has 3 rings (SSSR count). The Kier molecular flexibility index (Phi) is 3.65. The van der Waals surface area contributed by atoms with E-state index < -0.39 is 0 Å². The van der Waals surface area contributed by atoms with Gasteiger partial charge in [-0.2, -0.15) is 0 Å². The first-order valence-corrected chi connectivity index (χ1v) is 6.97. The van der Waals surface area contributed by atoms with E-state index in [-0.39, 0.29) is 0 Å². The number of nitrogens with one attached hydrogen (secondary N) is 1. The normalized spacial score (nSPS) is 14.3. The maximum Gasteiger partial charge on any atom is 0.159 e. The van der Waals surface area contributed by atoms with Crippen LogP contribution < -0.4 is 10.1 Å². The first-order valence-electron chi connectivity index (χ1n) is 6.97. The molecule has 0 atom stereocenters. The van der Waals surface area contributed by atoms with E-state index in [1.165, 1.54) is 12.8 Å². The number of aryl methyl sites for hydroxylation is 1. The van der Waals surface area contributed by atoms with E-state index in [1.54, 1.807) is 7.11 Å². The van der Waals surface area contributed by atoms with Gasteiger partial charge in [-0.25, -0.2) is 9.97 Å². The molecule has 0 amide bonds. The van der Waals surface area contributed by atoms with E-state index in [0.717, 1.165) is 35.1 Å². The van der Waals surface area contributed by atoms with Gasteiger partial charge in [-0.05, 0) is 38.0 Å². The van der Waals surface area contributed by atoms with Crippen LogP contribution >= 0.6 is 0 Å². The molecule has 4 heteroatoms. The van der Waals surface area contributed by atoms with Crippen LogP contribution in [0, 0.1) is 6.92 Å². The fourth-order valence-corrected chi connectivity index (χ4v) is 2.15. The number of nitrogens with zero attached hydrogens (tertiary/aromatic N) is 2. The van der Waals surface area contributed by atoms with Crippen molar-refractivity contribution in [1.82, 2.24) is 15.3 Å². The summed E-state index contributed by atoms with van der Waals surface area (Å²) in [6, 6.07) is 10.6. The predicted molar refractivity (Wildman–Crippen MR) is 78.6 cm³/mol. The molecule has 0 radical (unpaired) electrons. The molecule has 4 nitrogen and oxygen atoms in total. The third kappa shape index (κ3) is 3.14. The van der Waals surface area contributed by atoms with Crippen molar-refractivity contribution >= 4 is 0 Å². The molecular weight excluding hydrogens is 250 g/mol. The van der Waals surface area contributed by atoms with Crippen molar-refractivity contribution in [3.05, 3.63) is 41.7 Å². The third-order valence-electron chi connectivity index (χ3n) is 3.38. The van der Waals surface area contributed by atoms with Gasteiger partial charge >= 0.3 is 0 Å². The Morgan fingerprint density at radius 1 is 1.25 bits per heavy atom. The average Bonchev–Trinajstić information content (AvgIpc) is 3.29. The number of ether oxygens (including phenoxy) is 1. The summed E-state index contributed by atoms with van der Waals surface area (Å²) >= 11 is 0. The molecule has 0 saturated heterocycles. The van der Waals surface area contributed by atoms with Gasteiger partial charge in [0.15, 0.2) is 5.82 Å². The summed E-state index contributed by atoms with van der Waals surface area (Å²) < 4.78 is 5.26. The Bertz CT molecular complexity index is 608. The average molecular weight is 269 g/mol. The van der Waals surface area contributed by atoms with Crippen molar-refractivity contribution in [2.75, 3.05) is 7.11 Å². The van der Waals surface area contributed by atoms with Crippen molar-refractivity contribution in [3.8, 4) is 17.1 Å². The van der Waals surface area contributed by atoms with Crippen molar-refractivity contribution in [1.29, 1.82) is 0 Å². The van der Waals surface area contributed by atoms with Gasteiger partial charge in [0, 0.05) is 23.8 Å². The molecule has 1 aromatic carbocycles. The lowest BCUT2D eigenvalue weighted by atomic mass is 10.2. The first kappa shape index (κ1) is 13.1. The first-order chi connectivity index (χ1) is 9.74. The van der Waals surface area contributed by atoms with E-state index >= 15 is 0 Å². The van der Waals surface area contributed by atoms with Gasteiger partial charge in [0.2, 0.25) is 0 Å². The maximum atomic E-state index is 5.26. The Balaban J connectivity index is 1.86.